The molecule has 15 heavy (non-hydrogen) atoms. The molecule has 82 valence electrons. The van der Waals surface area contributed by atoms with Crippen molar-refractivity contribution in [3.05, 3.63) is 28.8 Å². The number of ether oxygens (including phenoxy) is 1. The Bertz CT molecular complexity index is 336. The molecule has 1 fully saturated rings. The number of halogens is 1. The van der Waals surface area contributed by atoms with Crippen molar-refractivity contribution in [1.82, 2.24) is 5.32 Å². The van der Waals surface area contributed by atoms with Gasteiger partial charge in [-0.3, -0.25) is 0 Å². The van der Waals surface area contributed by atoms with Gasteiger partial charge < -0.3 is 10.1 Å². The summed E-state index contributed by atoms with van der Waals surface area (Å²) in [4.78, 5) is 0. The van der Waals surface area contributed by atoms with E-state index in [4.69, 9.17) is 16.3 Å². The molecule has 1 aromatic carbocycles. The fourth-order valence-corrected chi connectivity index (χ4v) is 1.90. The topological polar surface area (TPSA) is 21.3 Å². The lowest BCUT2D eigenvalue weighted by Crippen LogP contribution is -2.42. The van der Waals surface area contributed by atoms with Gasteiger partial charge >= 0.3 is 0 Å². The molecule has 1 heterocycles. The van der Waals surface area contributed by atoms with Crippen LogP contribution in [0, 0.1) is 12.8 Å². The molecule has 0 atom stereocenters. The minimum atomic E-state index is 0.710. The summed E-state index contributed by atoms with van der Waals surface area (Å²) in [6.07, 6.45) is 1.11. The Labute approximate surface area is 95.6 Å². The van der Waals surface area contributed by atoms with Crippen LogP contribution in [0.15, 0.2) is 18.2 Å². The van der Waals surface area contributed by atoms with Crippen LogP contribution in [-0.4, -0.2) is 19.7 Å². The molecule has 1 aliphatic rings. The summed E-state index contributed by atoms with van der Waals surface area (Å²) >= 11 is 6.06. The van der Waals surface area contributed by atoms with Crippen molar-refractivity contribution in [2.45, 2.75) is 13.3 Å². The van der Waals surface area contributed by atoms with Crippen molar-refractivity contribution in [3.63, 3.8) is 0 Å². The molecule has 0 aliphatic carbocycles. The first-order valence-electron chi connectivity index (χ1n) is 5.35. The highest BCUT2D eigenvalue weighted by Crippen LogP contribution is 2.25. The highest BCUT2D eigenvalue weighted by atomic mass is 35.5. The zero-order chi connectivity index (χ0) is 10.7. The van der Waals surface area contributed by atoms with Crippen LogP contribution in [0.3, 0.4) is 0 Å². The molecule has 2 rings (SSSR count). The maximum absolute atomic E-state index is 6.06. The second kappa shape index (κ2) is 4.86. The van der Waals surface area contributed by atoms with Crippen LogP contribution in [0.25, 0.3) is 0 Å². The monoisotopic (exact) mass is 225 g/mol. The summed E-state index contributed by atoms with van der Waals surface area (Å²) in [5, 5.41) is 3.96. The Hall–Kier alpha value is -0.730. The first kappa shape index (κ1) is 10.8. The molecule has 1 N–H and O–H groups in total. The van der Waals surface area contributed by atoms with Gasteiger partial charge in [-0.1, -0.05) is 17.7 Å². The summed E-state index contributed by atoms with van der Waals surface area (Å²) in [6, 6.07) is 5.89. The van der Waals surface area contributed by atoms with Crippen LogP contribution < -0.4 is 10.1 Å². The third kappa shape index (κ3) is 2.86. The quantitative estimate of drug-likeness (QED) is 0.851. The molecular formula is C12H16ClNO. The van der Waals surface area contributed by atoms with Gasteiger partial charge in [0.05, 0.1) is 11.6 Å². The van der Waals surface area contributed by atoms with Gasteiger partial charge in [0, 0.05) is 0 Å². The van der Waals surface area contributed by atoms with Gasteiger partial charge in [0.15, 0.2) is 0 Å². The van der Waals surface area contributed by atoms with Crippen molar-refractivity contribution in [1.29, 1.82) is 0 Å². The van der Waals surface area contributed by atoms with Gasteiger partial charge in [0.1, 0.15) is 5.75 Å². The normalized spacial score (nSPS) is 16.1. The lowest BCUT2D eigenvalue weighted by molar-refractivity contribution is 0.238. The van der Waals surface area contributed by atoms with E-state index in [9.17, 15) is 0 Å². The molecule has 1 saturated heterocycles. The van der Waals surface area contributed by atoms with Gasteiger partial charge in [-0.2, -0.15) is 0 Å². The fourth-order valence-electron chi connectivity index (χ4n) is 1.61. The summed E-state index contributed by atoms with van der Waals surface area (Å²) in [5.74, 6) is 1.59. The molecule has 3 heteroatoms. The van der Waals surface area contributed by atoms with Crippen LogP contribution in [0.5, 0.6) is 5.75 Å². The van der Waals surface area contributed by atoms with E-state index in [0.717, 1.165) is 43.3 Å². The first-order chi connectivity index (χ1) is 7.25. The van der Waals surface area contributed by atoms with E-state index >= 15 is 0 Å². The summed E-state index contributed by atoms with van der Waals surface area (Å²) < 4.78 is 5.64. The third-order valence-electron chi connectivity index (χ3n) is 2.74. The standard InChI is InChI=1S/C12H16ClNO/c1-9-2-3-12(11(13)6-9)15-5-4-10-7-14-8-10/h2-3,6,10,14H,4-5,7-8H2,1H3. The van der Waals surface area contributed by atoms with E-state index < -0.39 is 0 Å². The maximum Gasteiger partial charge on any atom is 0.137 e. The average molecular weight is 226 g/mol. The van der Waals surface area contributed by atoms with Crippen molar-refractivity contribution in [2.24, 2.45) is 5.92 Å². The first-order valence-corrected chi connectivity index (χ1v) is 5.73. The molecular weight excluding hydrogens is 210 g/mol. The number of hydrogen-bond acceptors (Lipinski definition) is 2. The number of rotatable bonds is 4. The molecule has 1 aromatic rings. The summed E-state index contributed by atoms with van der Waals surface area (Å²) in [6.45, 7) is 5.04. The smallest absolute Gasteiger partial charge is 0.137 e. The second-order valence-corrected chi connectivity index (χ2v) is 4.50. The Morgan fingerprint density at radius 2 is 2.27 bits per heavy atom. The van der Waals surface area contributed by atoms with E-state index in [1.807, 2.05) is 25.1 Å². The molecule has 0 spiro atoms. The van der Waals surface area contributed by atoms with Crippen molar-refractivity contribution < 1.29 is 4.74 Å². The zero-order valence-electron chi connectivity index (χ0n) is 8.92. The fraction of sp³-hybridized carbons (Fsp3) is 0.500. The van der Waals surface area contributed by atoms with Gasteiger partial charge in [-0.25, -0.2) is 0 Å². The second-order valence-electron chi connectivity index (χ2n) is 4.10. The molecule has 1 aliphatic heterocycles. The zero-order valence-corrected chi connectivity index (χ0v) is 9.68. The summed E-state index contributed by atoms with van der Waals surface area (Å²) in [5.41, 5.74) is 1.16. The van der Waals surface area contributed by atoms with E-state index in [1.54, 1.807) is 0 Å². The Kier molecular flexibility index (Phi) is 3.49. The van der Waals surface area contributed by atoms with Gasteiger partial charge in [0.2, 0.25) is 0 Å². The molecule has 0 saturated carbocycles. The highest BCUT2D eigenvalue weighted by Gasteiger charge is 2.16. The van der Waals surface area contributed by atoms with Gasteiger partial charge in [-0.15, -0.1) is 0 Å². The van der Waals surface area contributed by atoms with Crippen molar-refractivity contribution >= 4 is 11.6 Å². The summed E-state index contributed by atoms with van der Waals surface area (Å²) in [7, 11) is 0. The number of hydrogen-bond donors (Lipinski definition) is 1. The molecule has 0 amide bonds. The van der Waals surface area contributed by atoms with Crippen molar-refractivity contribution in [2.75, 3.05) is 19.7 Å². The van der Waals surface area contributed by atoms with Crippen molar-refractivity contribution in [3.8, 4) is 5.75 Å². The predicted octanol–water partition coefficient (Wildman–Crippen LogP) is 2.64. The largest absolute Gasteiger partial charge is 0.492 e. The lowest BCUT2D eigenvalue weighted by Gasteiger charge is -2.26. The molecule has 2 nitrogen and oxygen atoms in total. The molecule has 0 aromatic heterocycles. The van der Waals surface area contributed by atoms with Gasteiger partial charge in [-0.05, 0) is 50.0 Å². The van der Waals surface area contributed by atoms with E-state index in [0.29, 0.717) is 5.02 Å². The Balaban J connectivity index is 1.81. The molecule has 0 unspecified atom stereocenters. The highest BCUT2D eigenvalue weighted by molar-refractivity contribution is 6.32. The van der Waals surface area contributed by atoms with Crippen LogP contribution in [0.2, 0.25) is 5.02 Å². The van der Waals surface area contributed by atoms with Crippen LogP contribution in [0.4, 0.5) is 0 Å². The van der Waals surface area contributed by atoms with E-state index in [1.165, 1.54) is 0 Å². The SMILES string of the molecule is Cc1ccc(OCCC2CNC2)c(Cl)c1. The minimum Gasteiger partial charge on any atom is -0.492 e. The average Bonchev–Trinajstić information content (AvgIpc) is 2.12. The van der Waals surface area contributed by atoms with E-state index in [2.05, 4.69) is 5.32 Å². The van der Waals surface area contributed by atoms with Gasteiger partial charge in [0.25, 0.3) is 0 Å². The predicted molar refractivity (Wildman–Crippen MR) is 62.7 cm³/mol. The molecule has 0 radical (unpaired) electrons. The number of nitrogens with one attached hydrogen (secondary N) is 1. The Morgan fingerprint density at radius 3 is 2.87 bits per heavy atom. The molecule has 0 bridgehead atoms. The third-order valence-corrected chi connectivity index (χ3v) is 3.03. The van der Waals surface area contributed by atoms with E-state index in [-0.39, 0.29) is 0 Å². The Morgan fingerprint density at radius 1 is 1.47 bits per heavy atom. The maximum atomic E-state index is 6.06. The van der Waals surface area contributed by atoms with Crippen LogP contribution in [0.1, 0.15) is 12.0 Å². The van der Waals surface area contributed by atoms with Crippen LogP contribution >= 0.6 is 11.6 Å². The lowest BCUT2D eigenvalue weighted by atomic mass is 10.0. The van der Waals surface area contributed by atoms with Crippen LogP contribution in [-0.2, 0) is 0 Å². The number of benzene rings is 1. The minimum absolute atomic E-state index is 0.710. The number of aryl methyl sites for hydroxylation is 1.